The van der Waals surface area contributed by atoms with E-state index in [1.165, 1.54) is 4.90 Å². The summed E-state index contributed by atoms with van der Waals surface area (Å²) in [5.74, 6) is 0.379. The van der Waals surface area contributed by atoms with Gasteiger partial charge in [-0.05, 0) is 56.3 Å². The van der Waals surface area contributed by atoms with E-state index in [1.54, 1.807) is 68.3 Å². The van der Waals surface area contributed by atoms with Crippen LogP contribution in [0.2, 0.25) is 0 Å². The number of amides is 2. The summed E-state index contributed by atoms with van der Waals surface area (Å²) in [6.07, 6.45) is 0. The Hall–Kier alpha value is -3.39. The summed E-state index contributed by atoms with van der Waals surface area (Å²) in [6, 6.07) is 11.7. The van der Waals surface area contributed by atoms with E-state index in [0.29, 0.717) is 54.6 Å². The molecule has 2 aliphatic rings. The van der Waals surface area contributed by atoms with Gasteiger partial charge in [0.1, 0.15) is 11.5 Å². The summed E-state index contributed by atoms with van der Waals surface area (Å²) >= 11 is 0. The molecule has 0 aliphatic carbocycles. The maximum Gasteiger partial charge on any atom is 0.271 e. The Morgan fingerprint density at radius 3 is 2.34 bits per heavy atom. The van der Waals surface area contributed by atoms with Crippen molar-refractivity contribution < 1.29 is 28.6 Å². The smallest absolute Gasteiger partial charge is 0.271 e. The number of hydrogen-bond acceptors (Lipinski definition) is 6. The van der Waals surface area contributed by atoms with Gasteiger partial charge in [0.25, 0.3) is 11.8 Å². The second-order valence-electron chi connectivity index (χ2n) is 8.24. The highest BCUT2D eigenvalue weighted by atomic mass is 16.5. The molecule has 32 heavy (non-hydrogen) atoms. The van der Waals surface area contributed by atoms with E-state index in [1.807, 2.05) is 0 Å². The number of ketones is 1. The number of benzene rings is 2. The molecule has 0 bridgehead atoms. The molecule has 0 unspecified atom stereocenters. The second kappa shape index (κ2) is 8.63. The van der Waals surface area contributed by atoms with Gasteiger partial charge in [-0.15, -0.1) is 0 Å². The molecular formula is C24H26N2O6. The van der Waals surface area contributed by atoms with E-state index in [9.17, 15) is 14.4 Å². The molecule has 8 nitrogen and oxygen atoms in total. The van der Waals surface area contributed by atoms with Crippen molar-refractivity contribution >= 4 is 23.3 Å². The zero-order valence-corrected chi connectivity index (χ0v) is 18.4. The van der Waals surface area contributed by atoms with Crippen molar-refractivity contribution in [2.75, 3.05) is 44.9 Å². The largest absolute Gasteiger partial charge is 0.497 e. The molecule has 2 heterocycles. The predicted octanol–water partition coefficient (Wildman–Crippen LogP) is 2.55. The lowest BCUT2D eigenvalue weighted by Gasteiger charge is -2.38. The maximum atomic E-state index is 13.2. The van der Waals surface area contributed by atoms with Gasteiger partial charge in [0.2, 0.25) is 0 Å². The molecule has 0 N–H and O–H groups in total. The molecule has 1 saturated heterocycles. The Morgan fingerprint density at radius 2 is 1.69 bits per heavy atom. The van der Waals surface area contributed by atoms with Crippen LogP contribution in [-0.2, 0) is 9.53 Å². The quantitative estimate of drug-likeness (QED) is 0.667. The first-order valence-electron chi connectivity index (χ1n) is 10.5. The van der Waals surface area contributed by atoms with Crippen LogP contribution in [0.3, 0.4) is 0 Å². The first-order valence-corrected chi connectivity index (χ1v) is 10.5. The highest BCUT2D eigenvalue weighted by molar-refractivity contribution is 6.10. The fourth-order valence-corrected chi connectivity index (χ4v) is 3.82. The number of carbonyl (C=O) groups is 3. The topological polar surface area (TPSA) is 85.4 Å². The van der Waals surface area contributed by atoms with E-state index in [4.69, 9.17) is 14.2 Å². The van der Waals surface area contributed by atoms with Gasteiger partial charge in [-0.1, -0.05) is 0 Å². The molecule has 2 aliphatic heterocycles. The van der Waals surface area contributed by atoms with Crippen LogP contribution in [0.5, 0.6) is 11.5 Å². The Morgan fingerprint density at radius 1 is 1.03 bits per heavy atom. The number of rotatable bonds is 5. The monoisotopic (exact) mass is 438 g/mol. The van der Waals surface area contributed by atoms with E-state index < -0.39 is 5.60 Å². The zero-order chi connectivity index (χ0) is 22.9. The Labute approximate surface area is 186 Å². The van der Waals surface area contributed by atoms with Crippen molar-refractivity contribution in [2.24, 2.45) is 0 Å². The van der Waals surface area contributed by atoms with Crippen LogP contribution in [0.25, 0.3) is 0 Å². The molecular weight excluding hydrogens is 412 g/mol. The van der Waals surface area contributed by atoms with Crippen molar-refractivity contribution in [3.8, 4) is 11.5 Å². The number of anilines is 1. The van der Waals surface area contributed by atoms with Crippen molar-refractivity contribution in [2.45, 2.75) is 19.4 Å². The lowest BCUT2D eigenvalue weighted by Crippen LogP contribution is -2.54. The molecule has 0 aromatic heterocycles. The summed E-state index contributed by atoms with van der Waals surface area (Å²) in [5, 5.41) is 0. The van der Waals surface area contributed by atoms with Crippen molar-refractivity contribution in [1.82, 2.24) is 4.90 Å². The second-order valence-corrected chi connectivity index (χ2v) is 8.24. The van der Waals surface area contributed by atoms with Crippen LogP contribution in [0, 0.1) is 0 Å². The summed E-state index contributed by atoms with van der Waals surface area (Å²) < 4.78 is 16.4. The van der Waals surface area contributed by atoms with Crippen LogP contribution in [0.1, 0.15) is 34.6 Å². The summed E-state index contributed by atoms with van der Waals surface area (Å²) in [7, 11) is 1.55. The van der Waals surface area contributed by atoms with Gasteiger partial charge in [0.05, 0.1) is 32.6 Å². The summed E-state index contributed by atoms with van der Waals surface area (Å²) in [6.45, 7) is 5.17. The number of ether oxygens (including phenoxy) is 3. The fourth-order valence-electron chi connectivity index (χ4n) is 3.82. The van der Waals surface area contributed by atoms with Gasteiger partial charge < -0.3 is 19.1 Å². The van der Waals surface area contributed by atoms with E-state index in [-0.39, 0.29) is 24.1 Å². The predicted molar refractivity (Wildman–Crippen MR) is 118 cm³/mol. The Balaban J connectivity index is 1.64. The number of nitrogens with zero attached hydrogens (tertiary/aromatic N) is 2. The molecule has 0 atom stereocenters. The van der Waals surface area contributed by atoms with Crippen LogP contribution >= 0.6 is 0 Å². The number of morpholine rings is 1. The molecule has 4 rings (SSSR count). The van der Waals surface area contributed by atoms with Gasteiger partial charge in [-0.25, -0.2) is 0 Å². The molecule has 0 radical (unpaired) electrons. The van der Waals surface area contributed by atoms with Crippen molar-refractivity contribution in [1.29, 1.82) is 0 Å². The minimum absolute atomic E-state index is 0.144. The highest BCUT2D eigenvalue weighted by Gasteiger charge is 2.42. The molecule has 168 valence electrons. The minimum Gasteiger partial charge on any atom is -0.497 e. The van der Waals surface area contributed by atoms with Crippen molar-refractivity contribution in [3.05, 3.63) is 53.6 Å². The summed E-state index contributed by atoms with van der Waals surface area (Å²) in [4.78, 5) is 42.2. The Kier molecular flexibility index (Phi) is 5.88. The number of fused-ring (bicyclic) bond motifs is 1. The molecule has 8 heteroatoms. The third kappa shape index (κ3) is 4.18. The molecule has 2 amide bonds. The third-order valence-electron chi connectivity index (χ3n) is 5.63. The van der Waals surface area contributed by atoms with E-state index in [2.05, 4.69) is 0 Å². The Bertz CT molecular complexity index is 1040. The highest BCUT2D eigenvalue weighted by Crippen LogP contribution is 2.38. The first-order chi connectivity index (χ1) is 15.3. The van der Waals surface area contributed by atoms with E-state index >= 15 is 0 Å². The number of carbonyl (C=O) groups excluding carboxylic acids is 3. The minimum atomic E-state index is -1.14. The SMILES string of the molecule is COc1ccc(C(=O)CN2C(=O)C(C)(C)Oc3ccc(C(=O)N4CCOCC4)cc32)cc1. The van der Waals surface area contributed by atoms with Gasteiger partial charge in [-0.3, -0.25) is 19.3 Å². The van der Waals surface area contributed by atoms with Crippen LogP contribution in [0.4, 0.5) is 5.69 Å². The van der Waals surface area contributed by atoms with Crippen LogP contribution < -0.4 is 14.4 Å². The van der Waals surface area contributed by atoms with Gasteiger partial charge in [-0.2, -0.15) is 0 Å². The summed E-state index contributed by atoms with van der Waals surface area (Å²) in [5.41, 5.74) is 0.173. The lowest BCUT2D eigenvalue weighted by molar-refractivity contribution is -0.132. The average molecular weight is 438 g/mol. The van der Waals surface area contributed by atoms with Gasteiger partial charge in [0.15, 0.2) is 11.4 Å². The normalized spacial score (nSPS) is 17.4. The zero-order valence-electron chi connectivity index (χ0n) is 18.4. The molecule has 2 aromatic carbocycles. The molecule has 0 spiro atoms. The lowest BCUT2D eigenvalue weighted by atomic mass is 10.0. The number of hydrogen-bond donors (Lipinski definition) is 0. The standard InChI is InChI=1S/C24H26N2O6/c1-24(2)23(29)26(15-20(27)16-4-7-18(30-3)8-5-16)19-14-17(6-9-21(19)32-24)22(28)25-10-12-31-13-11-25/h4-9,14H,10-13,15H2,1-3H3. The van der Waals surface area contributed by atoms with Gasteiger partial charge >= 0.3 is 0 Å². The number of Topliss-reactive ketones (excluding diaryl/α,β-unsaturated/α-hetero) is 1. The average Bonchev–Trinajstić information content (AvgIpc) is 2.81. The number of methoxy groups -OCH3 is 1. The maximum absolute atomic E-state index is 13.2. The van der Waals surface area contributed by atoms with Crippen LogP contribution in [0.15, 0.2) is 42.5 Å². The van der Waals surface area contributed by atoms with E-state index in [0.717, 1.165) is 0 Å². The van der Waals surface area contributed by atoms with Crippen LogP contribution in [-0.4, -0.2) is 68.1 Å². The molecule has 1 fully saturated rings. The molecule has 0 saturated carbocycles. The molecule has 2 aromatic rings. The fraction of sp³-hybridized carbons (Fsp3) is 0.375. The first kappa shape index (κ1) is 21.8. The third-order valence-corrected chi connectivity index (χ3v) is 5.63. The van der Waals surface area contributed by atoms with Crippen molar-refractivity contribution in [3.63, 3.8) is 0 Å². The van der Waals surface area contributed by atoms with Gasteiger partial charge in [0, 0.05) is 24.2 Å².